The van der Waals surface area contributed by atoms with Gasteiger partial charge in [-0.25, -0.2) is 0 Å². The van der Waals surface area contributed by atoms with Gasteiger partial charge in [0.15, 0.2) is 0 Å². The molecular formula is C21H25ClN2O3. The van der Waals surface area contributed by atoms with Crippen LogP contribution < -0.4 is 5.32 Å². The Morgan fingerprint density at radius 3 is 2.63 bits per heavy atom. The molecule has 144 valence electrons. The fraction of sp³-hybridized carbons (Fsp3) is 0.381. The fourth-order valence-corrected chi connectivity index (χ4v) is 3.59. The second kappa shape index (κ2) is 9.33. The van der Waals surface area contributed by atoms with Gasteiger partial charge in [-0.3, -0.25) is 9.69 Å². The molecule has 27 heavy (non-hydrogen) atoms. The van der Waals surface area contributed by atoms with Crippen molar-refractivity contribution < 1.29 is 15.0 Å². The van der Waals surface area contributed by atoms with E-state index in [0.29, 0.717) is 31.1 Å². The van der Waals surface area contributed by atoms with Crippen molar-refractivity contribution >= 4 is 17.5 Å². The number of nitrogens with zero attached hydrogens (tertiary/aromatic N) is 1. The number of β-amino-alcohol motifs (C(OH)–C–C–N with tert-alkyl or cyclic N) is 1. The molecule has 3 rings (SSSR count). The van der Waals surface area contributed by atoms with Gasteiger partial charge in [0.2, 0.25) is 5.91 Å². The number of aliphatic hydroxyl groups excluding tert-OH is 2. The standard InChI is InChI=1S/C21H25ClN2O3/c22-18-6-4-16(5-7-18)12-23-21(27)20-11-19(26)13-24(20)9-8-15-2-1-3-17(10-15)14-25/h1-7,10,19-20,25-26H,8-9,11-14H2,(H,23,27). The van der Waals surface area contributed by atoms with Gasteiger partial charge in [0, 0.05) is 24.7 Å². The van der Waals surface area contributed by atoms with E-state index in [1.165, 1.54) is 0 Å². The molecule has 2 aromatic rings. The first-order valence-corrected chi connectivity index (χ1v) is 9.56. The Bertz CT molecular complexity index is 766. The highest BCUT2D eigenvalue weighted by atomic mass is 35.5. The van der Waals surface area contributed by atoms with E-state index >= 15 is 0 Å². The van der Waals surface area contributed by atoms with Crippen molar-refractivity contribution in [2.75, 3.05) is 13.1 Å². The zero-order valence-electron chi connectivity index (χ0n) is 15.1. The minimum absolute atomic E-state index is 0.0198. The summed E-state index contributed by atoms with van der Waals surface area (Å²) in [4.78, 5) is 14.7. The van der Waals surface area contributed by atoms with Gasteiger partial charge in [-0.2, -0.15) is 0 Å². The fourth-order valence-electron chi connectivity index (χ4n) is 3.46. The summed E-state index contributed by atoms with van der Waals surface area (Å²) in [6.07, 6.45) is 0.727. The molecule has 0 bridgehead atoms. The van der Waals surface area contributed by atoms with Crippen LogP contribution in [-0.2, 0) is 24.4 Å². The predicted octanol–water partition coefficient (Wildman–Crippen LogP) is 2.13. The summed E-state index contributed by atoms with van der Waals surface area (Å²) in [6, 6.07) is 14.9. The summed E-state index contributed by atoms with van der Waals surface area (Å²) in [7, 11) is 0. The van der Waals surface area contributed by atoms with Crippen molar-refractivity contribution in [3.05, 3.63) is 70.2 Å². The molecular weight excluding hydrogens is 364 g/mol. The number of halogens is 1. The first kappa shape index (κ1) is 19.8. The molecule has 5 nitrogen and oxygen atoms in total. The van der Waals surface area contributed by atoms with E-state index in [0.717, 1.165) is 23.1 Å². The number of likely N-dealkylation sites (tertiary alicyclic amines) is 1. The minimum atomic E-state index is -0.486. The van der Waals surface area contributed by atoms with Crippen LogP contribution in [0, 0.1) is 0 Å². The Morgan fingerprint density at radius 1 is 1.15 bits per heavy atom. The molecule has 6 heteroatoms. The molecule has 1 saturated heterocycles. The van der Waals surface area contributed by atoms with Crippen LogP contribution in [0.1, 0.15) is 23.1 Å². The normalized spacial score (nSPS) is 20.0. The number of carbonyl (C=O) groups is 1. The number of nitrogens with one attached hydrogen (secondary N) is 1. The van der Waals surface area contributed by atoms with Crippen LogP contribution in [0.3, 0.4) is 0 Å². The highest BCUT2D eigenvalue weighted by Crippen LogP contribution is 2.19. The first-order chi connectivity index (χ1) is 13.0. The Balaban J connectivity index is 1.56. The average Bonchev–Trinajstić information content (AvgIpc) is 3.06. The molecule has 1 aliphatic heterocycles. The third-order valence-electron chi connectivity index (χ3n) is 4.93. The predicted molar refractivity (Wildman–Crippen MR) is 105 cm³/mol. The smallest absolute Gasteiger partial charge is 0.237 e. The van der Waals surface area contributed by atoms with Crippen molar-refractivity contribution in [1.29, 1.82) is 0 Å². The average molecular weight is 389 g/mol. The van der Waals surface area contributed by atoms with Gasteiger partial charge in [-0.05, 0) is 41.7 Å². The van der Waals surface area contributed by atoms with E-state index in [-0.39, 0.29) is 18.6 Å². The maximum absolute atomic E-state index is 12.6. The molecule has 1 heterocycles. The largest absolute Gasteiger partial charge is 0.392 e. The molecule has 0 radical (unpaired) electrons. The molecule has 0 aliphatic carbocycles. The Morgan fingerprint density at radius 2 is 1.89 bits per heavy atom. The molecule has 2 unspecified atom stereocenters. The summed E-state index contributed by atoms with van der Waals surface area (Å²) in [5.74, 6) is -0.0643. The number of aliphatic hydroxyl groups is 2. The summed E-state index contributed by atoms with van der Waals surface area (Å²) < 4.78 is 0. The van der Waals surface area contributed by atoms with Crippen molar-refractivity contribution in [2.24, 2.45) is 0 Å². The maximum Gasteiger partial charge on any atom is 0.237 e. The van der Waals surface area contributed by atoms with Crippen LogP contribution in [-0.4, -0.2) is 46.3 Å². The van der Waals surface area contributed by atoms with Gasteiger partial charge in [0.25, 0.3) is 0 Å². The molecule has 0 spiro atoms. The number of hydrogen-bond donors (Lipinski definition) is 3. The number of carbonyl (C=O) groups excluding carboxylic acids is 1. The second-order valence-electron chi connectivity index (χ2n) is 6.97. The van der Waals surface area contributed by atoms with Crippen LogP contribution in [0.15, 0.2) is 48.5 Å². The summed E-state index contributed by atoms with van der Waals surface area (Å²) in [5.41, 5.74) is 2.98. The third kappa shape index (κ3) is 5.53. The Kier molecular flexibility index (Phi) is 6.85. The van der Waals surface area contributed by atoms with Gasteiger partial charge < -0.3 is 15.5 Å². The van der Waals surface area contributed by atoms with Crippen molar-refractivity contribution in [1.82, 2.24) is 10.2 Å². The van der Waals surface area contributed by atoms with Gasteiger partial charge in [0.1, 0.15) is 0 Å². The number of hydrogen-bond acceptors (Lipinski definition) is 4. The van der Waals surface area contributed by atoms with Gasteiger partial charge in [0.05, 0.1) is 18.8 Å². The highest BCUT2D eigenvalue weighted by Gasteiger charge is 2.35. The molecule has 3 N–H and O–H groups in total. The molecule has 0 saturated carbocycles. The van der Waals surface area contributed by atoms with E-state index in [1.54, 1.807) is 12.1 Å². The topological polar surface area (TPSA) is 72.8 Å². The minimum Gasteiger partial charge on any atom is -0.392 e. The van der Waals surface area contributed by atoms with Crippen molar-refractivity contribution in [3.8, 4) is 0 Å². The van der Waals surface area contributed by atoms with Gasteiger partial charge in [-0.15, -0.1) is 0 Å². The Labute approximate surface area is 164 Å². The van der Waals surface area contributed by atoms with Crippen LogP contribution in [0.25, 0.3) is 0 Å². The quantitative estimate of drug-likeness (QED) is 0.679. The number of rotatable bonds is 7. The lowest BCUT2D eigenvalue weighted by Crippen LogP contribution is -2.43. The van der Waals surface area contributed by atoms with Crippen LogP contribution >= 0.6 is 11.6 Å². The van der Waals surface area contributed by atoms with Gasteiger partial charge >= 0.3 is 0 Å². The molecule has 2 aromatic carbocycles. The third-order valence-corrected chi connectivity index (χ3v) is 5.18. The first-order valence-electron chi connectivity index (χ1n) is 9.18. The van der Waals surface area contributed by atoms with Crippen molar-refractivity contribution in [2.45, 2.75) is 38.1 Å². The van der Waals surface area contributed by atoms with E-state index in [4.69, 9.17) is 11.6 Å². The molecule has 1 fully saturated rings. The van der Waals surface area contributed by atoms with Crippen LogP contribution in [0.5, 0.6) is 0 Å². The monoisotopic (exact) mass is 388 g/mol. The maximum atomic E-state index is 12.6. The lowest BCUT2D eigenvalue weighted by molar-refractivity contribution is -0.125. The highest BCUT2D eigenvalue weighted by molar-refractivity contribution is 6.30. The molecule has 1 aliphatic rings. The lowest BCUT2D eigenvalue weighted by atomic mass is 10.1. The molecule has 0 aromatic heterocycles. The SMILES string of the molecule is O=C(NCc1ccc(Cl)cc1)C1CC(O)CN1CCc1cccc(CO)c1. The number of benzene rings is 2. The zero-order chi connectivity index (χ0) is 19.2. The Hall–Kier alpha value is -1.92. The van der Waals surface area contributed by atoms with Crippen molar-refractivity contribution in [3.63, 3.8) is 0 Å². The van der Waals surface area contributed by atoms with Crippen LogP contribution in [0.2, 0.25) is 5.02 Å². The van der Waals surface area contributed by atoms with E-state index < -0.39 is 6.10 Å². The summed E-state index contributed by atoms with van der Waals surface area (Å²) >= 11 is 5.88. The molecule has 2 atom stereocenters. The lowest BCUT2D eigenvalue weighted by Gasteiger charge is -2.23. The van der Waals surface area contributed by atoms with E-state index in [2.05, 4.69) is 5.32 Å². The summed E-state index contributed by atoms with van der Waals surface area (Å²) in [6.45, 7) is 1.64. The summed E-state index contributed by atoms with van der Waals surface area (Å²) in [5, 5.41) is 22.9. The van der Waals surface area contributed by atoms with Crippen LogP contribution in [0.4, 0.5) is 0 Å². The second-order valence-corrected chi connectivity index (χ2v) is 7.41. The molecule has 1 amide bonds. The van der Waals surface area contributed by atoms with E-state index in [9.17, 15) is 15.0 Å². The van der Waals surface area contributed by atoms with Gasteiger partial charge in [-0.1, -0.05) is 48.0 Å². The van der Waals surface area contributed by atoms with E-state index in [1.807, 2.05) is 41.3 Å². The number of amides is 1. The zero-order valence-corrected chi connectivity index (χ0v) is 15.9.